The molecule has 10 heteroatoms. The van der Waals surface area contributed by atoms with Crippen molar-refractivity contribution >= 4 is 39.4 Å². The van der Waals surface area contributed by atoms with E-state index >= 15 is 0 Å². The second-order valence-corrected chi connectivity index (χ2v) is 9.59. The van der Waals surface area contributed by atoms with E-state index in [0.717, 1.165) is 28.4 Å². The summed E-state index contributed by atoms with van der Waals surface area (Å²) in [4.78, 5) is 24.8. The molecule has 0 saturated heterocycles. The Hall–Kier alpha value is -3.01. The van der Waals surface area contributed by atoms with Crippen molar-refractivity contribution in [3.63, 3.8) is 0 Å². The highest BCUT2D eigenvalue weighted by Gasteiger charge is 2.28. The molecular weight excluding hydrogens is 454 g/mol. The van der Waals surface area contributed by atoms with E-state index in [0.29, 0.717) is 47.3 Å². The molecule has 3 aromatic heterocycles. The van der Waals surface area contributed by atoms with Crippen molar-refractivity contribution in [1.82, 2.24) is 30.5 Å². The van der Waals surface area contributed by atoms with Gasteiger partial charge in [-0.3, -0.25) is 9.89 Å². The second-order valence-electron chi connectivity index (χ2n) is 9.21. The molecule has 0 fully saturated rings. The van der Waals surface area contributed by atoms with Gasteiger partial charge in [0.15, 0.2) is 5.65 Å². The first kappa shape index (κ1) is 24.1. The molecule has 0 aliphatic carbocycles. The van der Waals surface area contributed by atoms with Crippen molar-refractivity contribution in [2.24, 2.45) is 5.73 Å². The first-order valence-corrected chi connectivity index (χ1v) is 11.7. The number of nitrogens with zero attached hydrogens (tertiary/aromatic N) is 3. The van der Waals surface area contributed by atoms with Crippen molar-refractivity contribution in [2.75, 3.05) is 19.7 Å². The van der Waals surface area contributed by atoms with Crippen molar-refractivity contribution in [3.8, 4) is 11.4 Å². The first-order valence-electron chi connectivity index (χ1n) is 11.3. The van der Waals surface area contributed by atoms with Crippen molar-refractivity contribution in [1.29, 1.82) is 0 Å². The third-order valence-electron chi connectivity index (χ3n) is 5.81. The number of carbonyl (C=O) groups excluding carboxylic acids is 1. The Morgan fingerprint density at radius 1 is 1.26 bits per heavy atom. The van der Waals surface area contributed by atoms with Crippen LogP contribution < -0.4 is 11.1 Å². The monoisotopic (exact) mass is 483 g/mol. The molecule has 5 N–H and O–H groups in total. The number of aromatic nitrogens is 5. The number of amides is 1. The summed E-state index contributed by atoms with van der Waals surface area (Å²) in [5.41, 5.74) is 9.60. The number of nitrogens with one attached hydrogen (secondary N) is 3. The van der Waals surface area contributed by atoms with Gasteiger partial charge in [0.05, 0.1) is 33.6 Å². The van der Waals surface area contributed by atoms with Crippen LogP contribution in [0.25, 0.3) is 33.3 Å². The maximum atomic E-state index is 12.6. The molecule has 9 nitrogen and oxygen atoms in total. The van der Waals surface area contributed by atoms with E-state index in [9.17, 15) is 4.79 Å². The minimum atomic E-state index is -0.385. The molecule has 3 heterocycles. The van der Waals surface area contributed by atoms with Gasteiger partial charge in [-0.1, -0.05) is 31.5 Å². The molecule has 0 spiro atoms. The van der Waals surface area contributed by atoms with Gasteiger partial charge in [-0.15, -0.1) is 0 Å². The summed E-state index contributed by atoms with van der Waals surface area (Å²) < 4.78 is 5.51. The molecular formula is C24H30ClN7O2. The highest BCUT2D eigenvalue weighted by Crippen LogP contribution is 2.39. The number of hydrogen-bond donors (Lipinski definition) is 4. The molecule has 180 valence electrons. The van der Waals surface area contributed by atoms with E-state index in [1.54, 1.807) is 12.1 Å². The average molecular weight is 484 g/mol. The van der Waals surface area contributed by atoms with E-state index in [1.165, 1.54) is 6.33 Å². The number of rotatable bonds is 9. The summed E-state index contributed by atoms with van der Waals surface area (Å²) in [5.74, 6) is -0.147. The van der Waals surface area contributed by atoms with E-state index < -0.39 is 0 Å². The van der Waals surface area contributed by atoms with Crippen LogP contribution in [0, 0.1) is 0 Å². The van der Waals surface area contributed by atoms with E-state index in [2.05, 4.69) is 30.5 Å². The maximum absolute atomic E-state index is 12.6. The number of aromatic amines is 2. The molecule has 0 radical (unpaired) electrons. The zero-order valence-electron chi connectivity index (χ0n) is 19.8. The third kappa shape index (κ3) is 4.64. The highest BCUT2D eigenvalue weighted by molar-refractivity contribution is 6.38. The molecule has 0 aliphatic rings. The van der Waals surface area contributed by atoms with E-state index in [-0.39, 0.29) is 17.4 Å². The van der Waals surface area contributed by atoms with Gasteiger partial charge in [0.2, 0.25) is 0 Å². The van der Waals surface area contributed by atoms with Gasteiger partial charge in [-0.25, -0.2) is 9.97 Å². The Kier molecular flexibility index (Phi) is 6.88. The molecule has 0 bridgehead atoms. The summed E-state index contributed by atoms with van der Waals surface area (Å²) in [6.07, 6.45) is 2.42. The number of nitrogens with two attached hydrogens (primary N) is 1. The lowest BCUT2D eigenvalue weighted by Gasteiger charge is -2.22. The molecule has 0 aliphatic heterocycles. The molecule has 4 aromatic rings. The van der Waals surface area contributed by atoms with Crippen LogP contribution in [0.4, 0.5) is 0 Å². The summed E-state index contributed by atoms with van der Waals surface area (Å²) in [6.45, 7) is 9.59. The molecule has 4 rings (SSSR count). The zero-order valence-corrected chi connectivity index (χ0v) is 20.6. The van der Waals surface area contributed by atoms with Crippen LogP contribution in [0.3, 0.4) is 0 Å². The second kappa shape index (κ2) is 9.69. The molecule has 1 amide bonds. The molecule has 0 atom stereocenters. The van der Waals surface area contributed by atoms with Crippen LogP contribution in [-0.4, -0.2) is 56.9 Å². The molecule has 1 aromatic carbocycles. The third-order valence-corrected chi connectivity index (χ3v) is 6.20. The first-order chi connectivity index (χ1) is 16.2. The predicted molar refractivity (Wildman–Crippen MR) is 134 cm³/mol. The smallest absolute Gasteiger partial charge is 0.251 e. The quantitative estimate of drug-likeness (QED) is 0.266. The van der Waals surface area contributed by atoms with Gasteiger partial charge in [0.25, 0.3) is 5.91 Å². The Labute approximate surface area is 202 Å². The Balaban J connectivity index is 1.65. The summed E-state index contributed by atoms with van der Waals surface area (Å²) in [7, 11) is 0. The fourth-order valence-electron chi connectivity index (χ4n) is 3.82. The Morgan fingerprint density at radius 2 is 2.06 bits per heavy atom. The van der Waals surface area contributed by atoms with Gasteiger partial charge in [0.1, 0.15) is 6.33 Å². The lowest BCUT2D eigenvalue weighted by atomic mass is 9.87. The molecule has 34 heavy (non-hydrogen) atoms. The predicted octanol–water partition coefficient (Wildman–Crippen LogP) is 3.94. The summed E-state index contributed by atoms with van der Waals surface area (Å²) in [5, 5.41) is 12.4. The van der Waals surface area contributed by atoms with Gasteiger partial charge >= 0.3 is 0 Å². The Bertz CT molecular complexity index is 1330. The lowest BCUT2D eigenvalue weighted by molar-refractivity contribution is 0.0757. The minimum absolute atomic E-state index is 0.147. The normalized spacial score (nSPS) is 12.2. The van der Waals surface area contributed by atoms with Gasteiger partial charge in [-0.05, 0) is 32.4 Å². The standard InChI is InChI=1S/C24H30ClN7O2/c1-13(2)34-9-5-8-27-23(33)14-6-7-15-16(10-14)30-20(18(15)25)19-17-21(24(3,4)11-26)28-12-29-22(17)32-31-19/h6-7,10,12-13,30H,5,8-9,11,26H2,1-4H3,(H,27,33)(H,28,29,31,32). The van der Waals surface area contributed by atoms with Gasteiger partial charge < -0.3 is 20.8 Å². The minimum Gasteiger partial charge on any atom is -0.379 e. The number of hydrogen-bond acceptors (Lipinski definition) is 6. The van der Waals surface area contributed by atoms with Crippen LogP contribution >= 0.6 is 11.6 Å². The van der Waals surface area contributed by atoms with E-state index in [1.807, 2.05) is 33.8 Å². The molecule has 0 saturated carbocycles. The number of ether oxygens (including phenoxy) is 1. The highest BCUT2D eigenvalue weighted by atomic mass is 35.5. The van der Waals surface area contributed by atoms with E-state index in [4.69, 9.17) is 22.1 Å². The topological polar surface area (TPSA) is 135 Å². The van der Waals surface area contributed by atoms with Crippen molar-refractivity contribution < 1.29 is 9.53 Å². The SMILES string of the molecule is CC(C)OCCCNC(=O)c1ccc2c(Cl)c(-c3[nH]nc4ncnc(C(C)(C)CN)c34)[nH]c2c1. The van der Waals surface area contributed by atoms with Crippen LogP contribution in [0.1, 0.15) is 50.2 Å². The summed E-state index contributed by atoms with van der Waals surface area (Å²) >= 11 is 6.77. The fraction of sp³-hybridized carbons (Fsp3) is 0.417. The van der Waals surface area contributed by atoms with Crippen LogP contribution in [0.2, 0.25) is 5.02 Å². The number of halogens is 1. The van der Waals surface area contributed by atoms with Crippen LogP contribution in [-0.2, 0) is 10.2 Å². The number of fused-ring (bicyclic) bond motifs is 2. The lowest BCUT2D eigenvalue weighted by Crippen LogP contribution is -2.29. The number of H-pyrrole nitrogens is 2. The molecule has 0 unspecified atom stereocenters. The van der Waals surface area contributed by atoms with Crippen molar-refractivity contribution in [3.05, 3.63) is 40.8 Å². The Morgan fingerprint density at radius 3 is 2.79 bits per heavy atom. The summed E-state index contributed by atoms with van der Waals surface area (Å²) in [6, 6.07) is 5.40. The number of carbonyl (C=O) groups is 1. The van der Waals surface area contributed by atoms with Crippen molar-refractivity contribution in [2.45, 2.75) is 45.6 Å². The average Bonchev–Trinajstić information content (AvgIpc) is 3.38. The maximum Gasteiger partial charge on any atom is 0.251 e. The van der Waals surface area contributed by atoms with Crippen LogP contribution in [0.15, 0.2) is 24.5 Å². The van der Waals surface area contributed by atoms with Gasteiger partial charge in [0, 0.05) is 41.6 Å². The number of benzene rings is 1. The zero-order chi connectivity index (χ0) is 24.5. The fourth-order valence-corrected chi connectivity index (χ4v) is 4.13. The van der Waals surface area contributed by atoms with Crippen LogP contribution in [0.5, 0.6) is 0 Å². The van der Waals surface area contributed by atoms with Gasteiger partial charge in [-0.2, -0.15) is 5.10 Å². The largest absolute Gasteiger partial charge is 0.379 e.